The number of phenols is 3. The summed E-state index contributed by atoms with van der Waals surface area (Å²) in [6, 6.07) is 8.60. The van der Waals surface area contributed by atoms with Crippen LogP contribution in [0.1, 0.15) is 11.1 Å². The average Bonchev–Trinajstić information content (AvgIpc) is 2.69. The molecule has 3 rings (SSSR count). The number of aromatic hydroxyl groups is 3. The van der Waals surface area contributed by atoms with Crippen molar-refractivity contribution >= 4 is 12.2 Å². The zero-order chi connectivity index (χ0) is 21.1. The van der Waals surface area contributed by atoms with E-state index in [1.54, 1.807) is 18.2 Å². The lowest BCUT2D eigenvalue weighted by Gasteiger charge is -2.39. The lowest BCUT2D eigenvalue weighted by molar-refractivity contribution is -0.277. The van der Waals surface area contributed by atoms with Gasteiger partial charge in [-0.1, -0.05) is 24.3 Å². The van der Waals surface area contributed by atoms with Gasteiger partial charge in [0.1, 0.15) is 35.9 Å². The lowest BCUT2D eigenvalue weighted by atomic mass is 9.99. The van der Waals surface area contributed by atoms with Crippen LogP contribution in [0, 0.1) is 0 Å². The van der Waals surface area contributed by atoms with E-state index in [0.717, 1.165) is 6.07 Å². The van der Waals surface area contributed by atoms with Crippen LogP contribution in [0.3, 0.4) is 0 Å². The fraction of sp³-hybridized carbons (Fsp3) is 0.300. The summed E-state index contributed by atoms with van der Waals surface area (Å²) in [5, 5.41) is 68.5. The fourth-order valence-electron chi connectivity index (χ4n) is 2.92. The van der Waals surface area contributed by atoms with Crippen LogP contribution in [0.15, 0.2) is 36.4 Å². The maximum Gasteiger partial charge on any atom is 0.229 e. The Morgan fingerprint density at radius 3 is 2.21 bits per heavy atom. The van der Waals surface area contributed by atoms with Gasteiger partial charge in [-0.05, 0) is 23.8 Å². The number of phenolic OH excluding ortho intramolecular Hbond substituents is 3. The van der Waals surface area contributed by atoms with Gasteiger partial charge >= 0.3 is 0 Å². The first-order valence-electron chi connectivity index (χ1n) is 8.80. The standard InChI is InChI=1S/C20H22O9/c21-9-15-16(25)17(26)18(27)20(28-15)29-19-11(7-13(23)8-14(19)24)4-1-10-2-5-12(22)6-3-10/h1-8,15-18,20-27H,9H2/t15-,16-,17+,18-,20-/m1/s1. The molecular formula is C20H22O9. The summed E-state index contributed by atoms with van der Waals surface area (Å²) in [4.78, 5) is 0. The normalized spacial score (nSPS) is 27.2. The van der Waals surface area contributed by atoms with Crippen LogP contribution < -0.4 is 4.74 Å². The van der Waals surface area contributed by atoms with Gasteiger partial charge in [-0.25, -0.2) is 0 Å². The zero-order valence-corrected chi connectivity index (χ0v) is 15.2. The molecule has 9 heteroatoms. The first-order chi connectivity index (χ1) is 13.8. The maximum absolute atomic E-state index is 10.2. The predicted octanol–water partition coefficient (Wildman–Crippen LogP) is 0.152. The molecule has 0 amide bonds. The molecular weight excluding hydrogens is 384 g/mol. The van der Waals surface area contributed by atoms with Gasteiger partial charge in [0.2, 0.25) is 6.29 Å². The second-order valence-corrected chi connectivity index (χ2v) is 6.62. The average molecular weight is 406 g/mol. The summed E-state index contributed by atoms with van der Waals surface area (Å²) < 4.78 is 10.8. The molecule has 0 saturated carbocycles. The molecule has 5 atom stereocenters. The minimum atomic E-state index is -1.66. The molecule has 1 saturated heterocycles. The smallest absolute Gasteiger partial charge is 0.229 e. The van der Waals surface area contributed by atoms with Crippen LogP contribution in [0.2, 0.25) is 0 Å². The quantitative estimate of drug-likeness (QED) is 0.343. The van der Waals surface area contributed by atoms with E-state index in [4.69, 9.17) is 9.47 Å². The monoisotopic (exact) mass is 406 g/mol. The van der Waals surface area contributed by atoms with E-state index in [9.17, 15) is 35.7 Å². The van der Waals surface area contributed by atoms with E-state index in [0.29, 0.717) is 5.56 Å². The number of ether oxygens (including phenoxy) is 2. The third kappa shape index (κ3) is 4.61. The van der Waals surface area contributed by atoms with Gasteiger partial charge in [0.05, 0.1) is 6.61 Å². The maximum atomic E-state index is 10.2. The molecule has 1 aliphatic rings. The number of benzene rings is 2. The molecule has 1 aliphatic heterocycles. The summed E-state index contributed by atoms with van der Waals surface area (Å²) in [5.41, 5.74) is 0.942. The van der Waals surface area contributed by atoms with Gasteiger partial charge in [-0.2, -0.15) is 0 Å². The van der Waals surface area contributed by atoms with Crippen molar-refractivity contribution in [1.82, 2.24) is 0 Å². The predicted molar refractivity (Wildman–Crippen MR) is 101 cm³/mol. The van der Waals surface area contributed by atoms with Gasteiger partial charge < -0.3 is 45.2 Å². The SMILES string of the molecule is OC[C@H]1O[C@H](Oc2c(O)cc(O)cc2C=Cc2ccc(O)cc2)[C@H](O)[C@@H](O)[C@@H]1O. The van der Waals surface area contributed by atoms with Crippen molar-refractivity contribution in [2.75, 3.05) is 6.61 Å². The first-order valence-corrected chi connectivity index (χ1v) is 8.80. The molecule has 0 radical (unpaired) electrons. The Balaban J connectivity index is 1.89. The van der Waals surface area contributed by atoms with Gasteiger partial charge in [0, 0.05) is 11.6 Å². The highest BCUT2D eigenvalue weighted by Gasteiger charge is 2.45. The molecule has 0 unspecified atom stereocenters. The van der Waals surface area contributed by atoms with E-state index in [2.05, 4.69) is 0 Å². The van der Waals surface area contributed by atoms with Crippen molar-refractivity contribution in [2.45, 2.75) is 30.7 Å². The minimum absolute atomic E-state index is 0.101. The van der Waals surface area contributed by atoms with E-state index < -0.39 is 43.1 Å². The molecule has 2 aromatic rings. The largest absolute Gasteiger partial charge is 0.508 e. The second kappa shape index (κ2) is 8.68. The number of aliphatic hydroxyl groups excluding tert-OH is 4. The second-order valence-electron chi connectivity index (χ2n) is 6.62. The Hall–Kier alpha value is -2.82. The highest BCUT2D eigenvalue weighted by Crippen LogP contribution is 2.38. The molecule has 9 nitrogen and oxygen atoms in total. The highest BCUT2D eigenvalue weighted by atomic mass is 16.7. The minimum Gasteiger partial charge on any atom is -0.508 e. The van der Waals surface area contributed by atoms with Crippen LogP contribution in [-0.4, -0.2) is 73.1 Å². The molecule has 1 heterocycles. The zero-order valence-electron chi connectivity index (χ0n) is 15.2. The number of hydrogen-bond donors (Lipinski definition) is 7. The topological polar surface area (TPSA) is 160 Å². The van der Waals surface area contributed by atoms with Crippen LogP contribution in [0.25, 0.3) is 12.2 Å². The van der Waals surface area contributed by atoms with Crippen LogP contribution in [0.4, 0.5) is 0 Å². The Labute approximate surface area is 165 Å². The molecule has 0 spiro atoms. The number of hydrogen-bond acceptors (Lipinski definition) is 9. The Morgan fingerprint density at radius 2 is 1.55 bits per heavy atom. The first kappa shape index (κ1) is 20.9. The van der Waals surface area contributed by atoms with Crippen molar-refractivity contribution in [2.24, 2.45) is 0 Å². The molecule has 2 aromatic carbocycles. The van der Waals surface area contributed by atoms with Crippen molar-refractivity contribution in [3.05, 3.63) is 47.5 Å². The molecule has 0 aromatic heterocycles. The molecule has 0 aliphatic carbocycles. The Bertz CT molecular complexity index is 863. The van der Waals surface area contributed by atoms with Crippen molar-refractivity contribution < 1.29 is 45.2 Å². The van der Waals surface area contributed by atoms with Gasteiger partial charge in [-0.15, -0.1) is 0 Å². The summed E-state index contributed by atoms with van der Waals surface area (Å²) >= 11 is 0. The molecule has 29 heavy (non-hydrogen) atoms. The van der Waals surface area contributed by atoms with Crippen LogP contribution >= 0.6 is 0 Å². The van der Waals surface area contributed by atoms with E-state index in [-0.39, 0.29) is 22.8 Å². The van der Waals surface area contributed by atoms with E-state index >= 15 is 0 Å². The fourth-order valence-corrected chi connectivity index (χ4v) is 2.92. The summed E-state index contributed by atoms with van der Waals surface area (Å²) in [6.45, 7) is -0.625. The van der Waals surface area contributed by atoms with Crippen LogP contribution in [0.5, 0.6) is 23.0 Å². The number of rotatable bonds is 5. The Morgan fingerprint density at radius 1 is 0.862 bits per heavy atom. The third-order valence-electron chi connectivity index (χ3n) is 4.51. The van der Waals surface area contributed by atoms with E-state index in [1.165, 1.54) is 24.3 Å². The van der Waals surface area contributed by atoms with Gasteiger partial charge in [0.25, 0.3) is 0 Å². The summed E-state index contributed by atoms with van der Waals surface area (Å²) in [7, 11) is 0. The van der Waals surface area contributed by atoms with Gasteiger partial charge in [-0.3, -0.25) is 0 Å². The molecule has 7 N–H and O–H groups in total. The van der Waals surface area contributed by atoms with Crippen LogP contribution in [-0.2, 0) is 4.74 Å². The van der Waals surface area contributed by atoms with Crippen molar-refractivity contribution in [3.8, 4) is 23.0 Å². The van der Waals surface area contributed by atoms with Crippen molar-refractivity contribution in [1.29, 1.82) is 0 Å². The molecule has 0 bridgehead atoms. The number of aliphatic hydroxyl groups is 4. The summed E-state index contributed by atoms with van der Waals surface area (Å²) in [6.07, 6.45) is -4.36. The molecule has 156 valence electrons. The molecule has 1 fully saturated rings. The van der Waals surface area contributed by atoms with E-state index in [1.807, 2.05) is 0 Å². The third-order valence-corrected chi connectivity index (χ3v) is 4.51. The highest BCUT2D eigenvalue weighted by molar-refractivity contribution is 5.75. The van der Waals surface area contributed by atoms with Crippen molar-refractivity contribution in [3.63, 3.8) is 0 Å². The van der Waals surface area contributed by atoms with Gasteiger partial charge in [0.15, 0.2) is 11.5 Å². The summed E-state index contributed by atoms with van der Waals surface area (Å²) in [5.74, 6) is -0.743. The lowest BCUT2D eigenvalue weighted by Crippen LogP contribution is -2.60. The Kier molecular flexibility index (Phi) is 6.26.